The minimum atomic E-state index is -4.31. The van der Waals surface area contributed by atoms with Crippen LogP contribution in [0, 0.1) is 5.41 Å². The molecule has 2 aromatic heterocycles. The van der Waals surface area contributed by atoms with Gasteiger partial charge in [0.2, 0.25) is 0 Å². The summed E-state index contributed by atoms with van der Waals surface area (Å²) in [5.41, 5.74) is -0.521. The van der Waals surface area contributed by atoms with Crippen LogP contribution >= 0.6 is 0 Å². The maximum atomic E-state index is 13.5. The Kier molecular flexibility index (Phi) is 4.96. The van der Waals surface area contributed by atoms with Gasteiger partial charge in [-0.15, -0.1) is 0 Å². The number of alkyl halides is 5. The van der Waals surface area contributed by atoms with Crippen LogP contribution in [0.2, 0.25) is 0 Å². The van der Waals surface area contributed by atoms with Gasteiger partial charge in [-0.25, -0.2) is 23.1 Å². The van der Waals surface area contributed by atoms with E-state index in [4.69, 9.17) is 0 Å². The van der Waals surface area contributed by atoms with Crippen molar-refractivity contribution in [1.29, 1.82) is 0 Å². The molecule has 28 heavy (non-hydrogen) atoms. The van der Waals surface area contributed by atoms with Crippen LogP contribution in [0.5, 0.6) is 0 Å². The van der Waals surface area contributed by atoms with Gasteiger partial charge >= 0.3 is 12.2 Å². The monoisotopic (exact) mass is 405 g/mol. The van der Waals surface area contributed by atoms with Crippen molar-refractivity contribution in [3.05, 3.63) is 29.7 Å². The number of nitrogens with one attached hydrogen (secondary N) is 1. The molecule has 0 unspecified atom stereocenters. The molecule has 1 aliphatic heterocycles. The van der Waals surface area contributed by atoms with E-state index in [1.54, 1.807) is 6.07 Å². The maximum absolute atomic E-state index is 13.5. The zero-order valence-electron chi connectivity index (χ0n) is 15.4. The smallest absolute Gasteiger partial charge is 0.332 e. The van der Waals surface area contributed by atoms with Crippen molar-refractivity contribution in [2.45, 2.75) is 45.3 Å². The van der Waals surface area contributed by atoms with Crippen LogP contribution in [0.25, 0.3) is 5.65 Å². The number of imidazole rings is 1. The van der Waals surface area contributed by atoms with Crippen molar-refractivity contribution >= 4 is 11.7 Å². The summed E-state index contributed by atoms with van der Waals surface area (Å²) in [5, 5.41) is 6.24. The fourth-order valence-corrected chi connectivity index (χ4v) is 2.83. The molecule has 0 atom stereocenters. The molecule has 2 aromatic rings. The van der Waals surface area contributed by atoms with Crippen LogP contribution in [0.4, 0.5) is 26.7 Å². The Morgan fingerprint density at radius 2 is 2.00 bits per heavy atom. The molecule has 1 N–H and O–H groups in total. The second-order valence-electron chi connectivity index (χ2n) is 7.65. The Bertz CT molecular complexity index is 876. The third-order valence-corrected chi connectivity index (χ3v) is 4.78. The second kappa shape index (κ2) is 6.85. The van der Waals surface area contributed by atoms with E-state index in [0.29, 0.717) is 16.9 Å². The Labute approximate surface area is 157 Å². The van der Waals surface area contributed by atoms with Gasteiger partial charge in [-0.1, -0.05) is 13.8 Å². The fourth-order valence-electron chi connectivity index (χ4n) is 2.83. The molecule has 2 amide bonds. The van der Waals surface area contributed by atoms with Gasteiger partial charge in [0.05, 0.1) is 36.6 Å². The maximum Gasteiger partial charge on any atom is 0.393 e. The first kappa shape index (κ1) is 20.3. The summed E-state index contributed by atoms with van der Waals surface area (Å²) in [7, 11) is 0. The lowest BCUT2D eigenvalue weighted by molar-refractivity contribution is -0.213. The van der Waals surface area contributed by atoms with E-state index >= 15 is 0 Å². The number of carbonyl (C=O) groups is 1. The molecule has 154 valence electrons. The zero-order valence-corrected chi connectivity index (χ0v) is 15.4. The number of urea groups is 1. The molecular formula is C17H20F5N5O. The molecule has 0 bridgehead atoms. The van der Waals surface area contributed by atoms with Crippen molar-refractivity contribution in [2.24, 2.45) is 5.41 Å². The topological polar surface area (TPSA) is 62.5 Å². The van der Waals surface area contributed by atoms with Crippen LogP contribution < -0.4 is 5.32 Å². The van der Waals surface area contributed by atoms with Gasteiger partial charge in [-0.05, 0) is 24.5 Å². The van der Waals surface area contributed by atoms with Crippen molar-refractivity contribution < 1.29 is 26.7 Å². The Morgan fingerprint density at radius 1 is 1.29 bits per heavy atom. The number of fused-ring (bicyclic) bond motifs is 1. The summed E-state index contributed by atoms with van der Waals surface area (Å²) in [6.07, 6.45) is -1.37. The molecule has 3 heterocycles. The standard InChI is InChI=1S/C17H20F5N5O/c1-15(2,17(20,21)22)4-3-12-8-27-13(25-12)5-11(6-24-27)7-26-10-16(18,19)9-23-14(26)28/h5-6,8H,3-4,7,9-10H2,1-2H3,(H,23,28). The highest BCUT2D eigenvalue weighted by Gasteiger charge is 2.46. The largest absolute Gasteiger partial charge is 0.393 e. The van der Waals surface area contributed by atoms with Gasteiger partial charge in [0.15, 0.2) is 5.65 Å². The number of hydrogen-bond acceptors (Lipinski definition) is 3. The number of aryl methyl sites for hydroxylation is 1. The lowest BCUT2D eigenvalue weighted by atomic mass is 9.86. The molecule has 0 aromatic carbocycles. The van der Waals surface area contributed by atoms with Gasteiger partial charge < -0.3 is 10.2 Å². The number of halogens is 5. The first-order valence-corrected chi connectivity index (χ1v) is 8.67. The quantitative estimate of drug-likeness (QED) is 0.776. The molecule has 1 saturated heterocycles. The third-order valence-electron chi connectivity index (χ3n) is 4.78. The van der Waals surface area contributed by atoms with E-state index in [0.717, 1.165) is 18.7 Å². The molecule has 1 fully saturated rings. The van der Waals surface area contributed by atoms with E-state index in [-0.39, 0.29) is 19.4 Å². The number of rotatable bonds is 5. The summed E-state index contributed by atoms with van der Waals surface area (Å²) in [5.74, 6) is -3.02. The normalized spacial score (nSPS) is 17.8. The zero-order chi connectivity index (χ0) is 20.7. The average Bonchev–Trinajstić information content (AvgIpc) is 2.97. The number of nitrogens with zero attached hydrogens (tertiary/aromatic N) is 4. The molecule has 0 radical (unpaired) electrons. The number of carbonyl (C=O) groups excluding carboxylic acids is 1. The van der Waals surface area contributed by atoms with Crippen molar-refractivity contribution in [1.82, 2.24) is 24.8 Å². The van der Waals surface area contributed by atoms with Gasteiger partial charge in [0, 0.05) is 6.54 Å². The van der Waals surface area contributed by atoms with Crippen molar-refractivity contribution in [3.8, 4) is 0 Å². The van der Waals surface area contributed by atoms with Crippen LogP contribution in [0.1, 0.15) is 31.5 Å². The van der Waals surface area contributed by atoms with Gasteiger partial charge in [0.25, 0.3) is 5.92 Å². The van der Waals surface area contributed by atoms with Crippen molar-refractivity contribution in [3.63, 3.8) is 0 Å². The number of hydrogen-bond donors (Lipinski definition) is 1. The summed E-state index contributed by atoms with van der Waals surface area (Å²) >= 11 is 0. The summed E-state index contributed by atoms with van der Waals surface area (Å²) in [4.78, 5) is 17.0. The SMILES string of the molecule is CC(C)(CCc1cn2ncc(CN3CC(F)(F)CNC3=O)cc2n1)C(F)(F)F. The molecule has 0 saturated carbocycles. The highest BCUT2D eigenvalue weighted by atomic mass is 19.4. The first-order valence-electron chi connectivity index (χ1n) is 8.67. The van der Waals surface area contributed by atoms with Gasteiger partial charge in [-0.3, -0.25) is 0 Å². The van der Waals surface area contributed by atoms with E-state index in [2.05, 4.69) is 15.4 Å². The van der Waals surface area contributed by atoms with Crippen LogP contribution in [0.3, 0.4) is 0 Å². The minimum absolute atomic E-state index is 0.0752. The Balaban J connectivity index is 1.71. The van der Waals surface area contributed by atoms with Crippen LogP contribution in [0.15, 0.2) is 18.5 Å². The van der Waals surface area contributed by atoms with Gasteiger partial charge in [0.1, 0.15) is 0 Å². The summed E-state index contributed by atoms with van der Waals surface area (Å²) in [6.45, 7) is 0.805. The van der Waals surface area contributed by atoms with Crippen molar-refractivity contribution in [2.75, 3.05) is 13.1 Å². The minimum Gasteiger partial charge on any atom is -0.332 e. The fraction of sp³-hybridized carbons (Fsp3) is 0.588. The van der Waals surface area contributed by atoms with E-state index in [9.17, 15) is 26.7 Å². The predicted octanol–water partition coefficient (Wildman–Crippen LogP) is 3.41. The highest BCUT2D eigenvalue weighted by Crippen LogP contribution is 2.40. The molecule has 6 nitrogen and oxygen atoms in total. The van der Waals surface area contributed by atoms with Crippen LogP contribution in [-0.2, 0) is 13.0 Å². The lowest BCUT2D eigenvalue weighted by Crippen LogP contribution is -2.56. The van der Waals surface area contributed by atoms with Crippen LogP contribution in [-0.4, -0.2) is 50.7 Å². The first-order chi connectivity index (χ1) is 12.9. The predicted molar refractivity (Wildman–Crippen MR) is 89.9 cm³/mol. The van der Waals surface area contributed by atoms with E-state index in [1.165, 1.54) is 16.9 Å². The molecule has 1 aliphatic rings. The molecule has 0 spiro atoms. The third kappa shape index (κ3) is 4.33. The Hall–Kier alpha value is -2.46. The molecular weight excluding hydrogens is 385 g/mol. The number of aromatic nitrogens is 3. The van der Waals surface area contributed by atoms with E-state index < -0.39 is 36.6 Å². The molecule has 0 aliphatic carbocycles. The molecule has 11 heteroatoms. The summed E-state index contributed by atoms with van der Waals surface area (Å²) < 4.78 is 67.3. The molecule has 3 rings (SSSR count). The number of amides is 2. The van der Waals surface area contributed by atoms with E-state index in [1.807, 2.05) is 0 Å². The second-order valence-corrected chi connectivity index (χ2v) is 7.65. The highest BCUT2D eigenvalue weighted by molar-refractivity contribution is 5.75. The summed E-state index contributed by atoms with van der Waals surface area (Å²) in [6, 6.07) is 0.982. The Morgan fingerprint density at radius 3 is 2.68 bits per heavy atom. The van der Waals surface area contributed by atoms with Gasteiger partial charge in [-0.2, -0.15) is 18.3 Å². The lowest BCUT2D eigenvalue weighted by Gasteiger charge is -2.32. The average molecular weight is 405 g/mol.